The molecule has 1 unspecified atom stereocenters. The Hall–Kier alpha value is -1.76. The van der Waals surface area contributed by atoms with Crippen LogP contribution in [0.15, 0.2) is 36.4 Å². The molecule has 1 aliphatic heterocycles. The Balaban J connectivity index is 1.95. The second-order valence-corrected chi connectivity index (χ2v) is 5.71. The summed E-state index contributed by atoms with van der Waals surface area (Å²) < 4.78 is 6.70. The molecule has 0 saturated heterocycles. The van der Waals surface area contributed by atoms with Crippen molar-refractivity contribution in [2.24, 2.45) is 0 Å². The molecule has 1 aliphatic rings. The molecule has 2 aromatic rings. The maximum Gasteiger partial charge on any atom is 0.174 e. The molecule has 0 amide bonds. The second-order valence-electron chi connectivity index (χ2n) is 4.95. The molecule has 5 heteroatoms. The fourth-order valence-electron chi connectivity index (χ4n) is 2.43. The van der Waals surface area contributed by atoms with Crippen LogP contribution in [0.1, 0.15) is 34.0 Å². The SMILES string of the molecule is O=C1CC(c2ccc(CI)cc2)Oc2cc(O)cc(O)c21. The molecule has 21 heavy (non-hydrogen) atoms. The van der Waals surface area contributed by atoms with Crippen molar-refractivity contribution in [3.05, 3.63) is 53.1 Å². The number of phenols is 2. The minimum atomic E-state index is -0.394. The summed E-state index contributed by atoms with van der Waals surface area (Å²) >= 11 is 2.29. The van der Waals surface area contributed by atoms with E-state index in [2.05, 4.69) is 22.6 Å². The molecule has 3 rings (SSSR count). The monoisotopic (exact) mass is 396 g/mol. The molecular formula is C16H13IO4. The lowest BCUT2D eigenvalue weighted by molar-refractivity contribution is 0.0845. The number of carbonyl (C=O) groups excluding carboxylic acids is 1. The molecular weight excluding hydrogens is 383 g/mol. The number of Topliss-reactive ketones (excluding diaryl/α,β-unsaturated/α-hetero) is 1. The number of rotatable bonds is 2. The number of benzene rings is 2. The number of hydrogen-bond donors (Lipinski definition) is 2. The largest absolute Gasteiger partial charge is 0.508 e. The molecule has 0 radical (unpaired) electrons. The van der Waals surface area contributed by atoms with Gasteiger partial charge in [0.15, 0.2) is 5.78 Å². The number of ether oxygens (including phenoxy) is 1. The van der Waals surface area contributed by atoms with E-state index in [0.29, 0.717) is 0 Å². The van der Waals surface area contributed by atoms with Gasteiger partial charge in [0, 0.05) is 16.6 Å². The van der Waals surface area contributed by atoms with Crippen LogP contribution in [0.25, 0.3) is 0 Å². The summed E-state index contributed by atoms with van der Waals surface area (Å²) in [6.07, 6.45) is -0.219. The predicted molar refractivity (Wildman–Crippen MR) is 86.3 cm³/mol. The van der Waals surface area contributed by atoms with Gasteiger partial charge in [-0.05, 0) is 11.1 Å². The maximum absolute atomic E-state index is 12.2. The average molecular weight is 396 g/mol. The first-order chi connectivity index (χ1) is 10.1. The maximum atomic E-state index is 12.2. The summed E-state index contributed by atoms with van der Waals surface area (Å²) in [5.41, 5.74) is 2.26. The van der Waals surface area contributed by atoms with Crippen molar-refractivity contribution in [1.29, 1.82) is 0 Å². The van der Waals surface area contributed by atoms with Crippen LogP contribution in [-0.2, 0) is 4.43 Å². The number of carbonyl (C=O) groups is 1. The second kappa shape index (κ2) is 5.55. The van der Waals surface area contributed by atoms with E-state index in [1.54, 1.807) is 0 Å². The molecule has 1 atom stereocenters. The minimum absolute atomic E-state index is 0.125. The number of halogens is 1. The number of fused-ring (bicyclic) bond motifs is 1. The lowest BCUT2D eigenvalue weighted by Gasteiger charge is -2.26. The van der Waals surface area contributed by atoms with Gasteiger partial charge < -0.3 is 14.9 Å². The van der Waals surface area contributed by atoms with Crippen molar-refractivity contribution in [1.82, 2.24) is 0 Å². The van der Waals surface area contributed by atoms with Crippen LogP contribution < -0.4 is 4.74 Å². The summed E-state index contributed by atoms with van der Waals surface area (Å²) in [5.74, 6) is -0.322. The van der Waals surface area contributed by atoms with E-state index in [1.807, 2.05) is 24.3 Å². The molecule has 108 valence electrons. The molecule has 0 fully saturated rings. The highest BCUT2D eigenvalue weighted by atomic mass is 127. The Kier molecular flexibility index (Phi) is 3.75. The van der Waals surface area contributed by atoms with E-state index in [0.717, 1.165) is 16.1 Å². The lowest BCUT2D eigenvalue weighted by Crippen LogP contribution is -2.20. The van der Waals surface area contributed by atoms with Crippen molar-refractivity contribution in [2.45, 2.75) is 17.0 Å². The molecule has 1 heterocycles. The van der Waals surface area contributed by atoms with Crippen LogP contribution in [0.2, 0.25) is 0 Å². The zero-order valence-electron chi connectivity index (χ0n) is 11.0. The van der Waals surface area contributed by atoms with Crippen LogP contribution in [0.3, 0.4) is 0 Å². The molecule has 0 saturated carbocycles. The van der Waals surface area contributed by atoms with Gasteiger partial charge in [-0.15, -0.1) is 0 Å². The normalized spacial score (nSPS) is 17.2. The van der Waals surface area contributed by atoms with E-state index in [9.17, 15) is 15.0 Å². The van der Waals surface area contributed by atoms with E-state index in [-0.39, 0.29) is 35.0 Å². The highest BCUT2D eigenvalue weighted by Gasteiger charge is 2.30. The van der Waals surface area contributed by atoms with Gasteiger partial charge in [-0.1, -0.05) is 46.9 Å². The van der Waals surface area contributed by atoms with Crippen LogP contribution in [-0.4, -0.2) is 16.0 Å². The molecule has 2 N–H and O–H groups in total. The number of alkyl halides is 1. The number of phenolic OH excluding ortho intramolecular Hbond substituents is 2. The van der Waals surface area contributed by atoms with Crippen LogP contribution >= 0.6 is 22.6 Å². The van der Waals surface area contributed by atoms with Gasteiger partial charge in [-0.2, -0.15) is 0 Å². The first kappa shape index (κ1) is 14.2. The smallest absolute Gasteiger partial charge is 0.174 e. The first-order valence-electron chi connectivity index (χ1n) is 6.49. The van der Waals surface area contributed by atoms with Crippen LogP contribution in [0.4, 0.5) is 0 Å². The lowest BCUT2D eigenvalue weighted by atomic mass is 9.95. The molecule has 0 spiro atoms. The third kappa shape index (κ3) is 2.70. The van der Waals surface area contributed by atoms with Crippen molar-refractivity contribution < 1.29 is 19.7 Å². The summed E-state index contributed by atoms with van der Waals surface area (Å²) in [6.45, 7) is 0. The minimum Gasteiger partial charge on any atom is -0.508 e. The Morgan fingerprint density at radius 3 is 2.57 bits per heavy atom. The van der Waals surface area contributed by atoms with Gasteiger partial charge in [0.05, 0.1) is 6.42 Å². The fourth-order valence-corrected chi connectivity index (χ4v) is 2.94. The standard InChI is InChI=1S/C16H13IO4/c17-8-9-1-3-10(4-2-9)14-7-13(20)16-12(19)5-11(18)6-15(16)21-14/h1-6,14,18-19H,7-8H2. The van der Waals surface area contributed by atoms with Crippen LogP contribution in [0.5, 0.6) is 17.2 Å². The van der Waals surface area contributed by atoms with Gasteiger partial charge in [0.2, 0.25) is 0 Å². The summed E-state index contributed by atoms with van der Waals surface area (Å²) in [5, 5.41) is 19.3. The van der Waals surface area contributed by atoms with Gasteiger partial charge >= 0.3 is 0 Å². The topological polar surface area (TPSA) is 66.8 Å². The molecule has 2 aromatic carbocycles. The van der Waals surface area contributed by atoms with Crippen molar-refractivity contribution in [3.63, 3.8) is 0 Å². The summed E-state index contributed by atoms with van der Waals surface area (Å²) in [7, 11) is 0. The van der Waals surface area contributed by atoms with Crippen molar-refractivity contribution in [3.8, 4) is 17.2 Å². The highest BCUT2D eigenvalue weighted by molar-refractivity contribution is 14.1. The molecule has 0 aliphatic carbocycles. The Labute approximate surface area is 135 Å². The zero-order valence-corrected chi connectivity index (χ0v) is 13.2. The van der Waals surface area contributed by atoms with Crippen LogP contribution in [0, 0.1) is 0 Å². The third-order valence-corrected chi connectivity index (χ3v) is 4.37. The van der Waals surface area contributed by atoms with E-state index in [4.69, 9.17) is 4.74 Å². The molecule has 4 nitrogen and oxygen atoms in total. The van der Waals surface area contributed by atoms with E-state index in [1.165, 1.54) is 11.6 Å². The van der Waals surface area contributed by atoms with Gasteiger partial charge in [0.1, 0.15) is 28.9 Å². The Bertz CT molecular complexity index is 694. The highest BCUT2D eigenvalue weighted by Crippen LogP contribution is 2.41. The Morgan fingerprint density at radius 2 is 1.90 bits per heavy atom. The fraction of sp³-hybridized carbons (Fsp3) is 0.188. The number of aromatic hydroxyl groups is 2. The van der Waals surface area contributed by atoms with E-state index >= 15 is 0 Å². The number of ketones is 1. The van der Waals surface area contributed by atoms with Crippen molar-refractivity contribution >= 4 is 28.4 Å². The van der Waals surface area contributed by atoms with Gasteiger partial charge in [-0.25, -0.2) is 0 Å². The van der Waals surface area contributed by atoms with E-state index < -0.39 is 6.10 Å². The average Bonchev–Trinajstić information content (AvgIpc) is 2.46. The molecule has 0 bridgehead atoms. The summed E-state index contributed by atoms with van der Waals surface area (Å²) in [6, 6.07) is 10.4. The van der Waals surface area contributed by atoms with Crippen molar-refractivity contribution in [2.75, 3.05) is 0 Å². The third-order valence-electron chi connectivity index (χ3n) is 3.49. The van der Waals surface area contributed by atoms with Gasteiger partial charge in [0.25, 0.3) is 0 Å². The van der Waals surface area contributed by atoms with Gasteiger partial charge in [-0.3, -0.25) is 4.79 Å². The predicted octanol–water partition coefficient (Wildman–Crippen LogP) is 3.74. The summed E-state index contributed by atoms with van der Waals surface area (Å²) in [4.78, 5) is 12.2. The quantitative estimate of drug-likeness (QED) is 0.600. The first-order valence-corrected chi connectivity index (χ1v) is 8.01. The molecule has 0 aromatic heterocycles. The number of hydrogen-bond acceptors (Lipinski definition) is 4. The zero-order chi connectivity index (χ0) is 15.0. The Morgan fingerprint density at radius 1 is 1.19 bits per heavy atom.